The molecule has 2 aromatic rings. The smallest absolute Gasteiger partial charge is 0.313 e. The van der Waals surface area contributed by atoms with Gasteiger partial charge in [0.1, 0.15) is 5.41 Å². The Morgan fingerprint density at radius 1 is 1.33 bits per heavy atom. The van der Waals surface area contributed by atoms with Crippen LogP contribution >= 0.6 is 15.9 Å². The lowest BCUT2D eigenvalue weighted by molar-refractivity contribution is -0.151. The average molecular weight is 392 g/mol. The van der Waals surface area contributed by atoms with Gasteiger partial charge in [0.25, 0.3) is 5.91 Å². The quantitative estimate of drug-likeness (QED) is 0.868. The van der Waals surface area contributed by atoms with E-state index >= 15 is 0 Å². The lowest BCUT2D eigenvalue weighted by Gasteiger charge is -2.24. The number of halogens is 1. The van der Waals surface area contributed by atoms with Crippen molar-refractivity contribution < 1.29 is 19.4 Å². The van der Waals surface area contributed by atoms with Gasteiger partial charge in [-0.1, -0.05) is 40.2 Å². The van der Waals surface area contributed by atoms with Gasteiger partial charge in [0.05, 0.1) is 6.61 Å². The summed E-state index contributed by atoms with van der Waals surface area (Å²) in [7, 11) is 1.48. The Kier molecular flexibility index (Phi) is 4.60. The number of rotatable bonds is 4. The molecule has 2 aromatic carbocycles. The van der Waals surface area contributed by atoms with Crippen molar-refractivity contribution in [2.24, 2.45) is 5.41 Å². The minimum atomic E-state index is -1.02. The van der Waals surface area contributed by atoms with Crippen LogP contribution in [0.3, 0.4) is 0 Å². The van der Waals surface area contributed by atoms with Crippen LogP contribution in [0.15, 0.2) is 40.9 Å². The maximum Gasteiger partial charge on any atom is 0.313 e. The van der Waals surface area contributed by atoms with Crippen LogP contribution in [0.4, 0.5) is 0 Å². The number of carbonyl (C=O) groups excluding carboxylic acids is 1. The molecule has 1 aliphatic heterocycles. The van der Waals surface area contributed by atoms with Crippen LogP contribution in [0.1, 0.15) is 16.8 Å². The monoisotopic (exact) mass is 391 g/mol. The third kappa shape index (κ3) is 2.91. The molecule has 126 valence electrons. The Labute approximate surface area is 148 Å². The fourth-order valence-corrected chi connectivity index (χ4v) is 3.77. The Morgan fingerprint density at radius 3 is 2.79 bits per heavy atom. The first-order valence-electron chi connectivity index (χ1n) is 7.67. The molecule has 1 atom stereocenters. The Morgan fingerprint density at radius 2 is 2.08 bits per heavy atom. The number of aliphatic carboxylic acids is 1. The van der Waals surface area contributed by atoms with Crippen molar-refractivity contribution in [3.63, 3.8) is 0 Å². The summed E-state index contributed by atoms with van der Waals surface area (Å²) in [4.78, 5) is 26.3. The number of hydrogen-bond acceptors (Lipinski definition) is 3. The summed E-state index contributed by atoms with van der Waals surface area (Å²) in [6, 6.07) is 11.4. The van der Waals surface area contributed by atoms with Gasteiger partial charge in [-0.15, -0.1) is 0 Å². The third-order valence-electron chi connectivity index (χ3n) is 4.57. The summed E-state index contributed by atoms with van der Waals surface area (Å²) in [6.45, 7) is 0.677. The Hall–Kier alpha value is -1.92. The Bertz CT molecular complexity index is 807. The first-order valence-corrected chi connectivity index (χ1v) is 8.46. The number of likely N-dealkylation sites (tertiary alicyclic amines) is 1. The molecule has 5 nitrogen and oxygen atoms in total. The molecule has 0 spiro atoms. The van der Waals surface area contributed by atoms with Gasteiger partial charge in [-0.2, -0.15) is 0 Å². The molecule has 3 rings (SSSR count). The zero-order valence-corrected chi connectivity index (χ0v) is 14.9. The number of methoxy groups -OCH3 is 1. The van der Waals surface area contributed by atoms with Crippen LogP contribution in [0.25, 0.3) is 10.8 Å². The number of fused-ring (bicyclic) bond motifs is 1. The highest BCUT2D eigenvalue weighted by Gasteiger charge is 2.46. The molecule has 0 aromatic heterocycles. The lowest BCUT2D eigenvalue weighted by Crippen LogP contribution is -2.40. The number of hydrogen-bond donors (Lipinski definition) is 1. The van der Waals surface area contributed by atoms with Crippen LogP contribution in [0.2, 0.25) is 0 Å². The van der Waals surface area contributed by atoms with Crippen LogP contribution < -0.4 is 0 Å². The first-order chi connectivity index (χ1) is 11.5. The predicted octanol–water partition coefficient (Wildman–Crippen LogP) is 3.17. The topological polar surface area (TPSA) is 66.8 Å². The van der Waals surface area contributed by atoms with Crippen LogP contribution in [0, 0.1) is 5.41 Å². The number of nitrogens with zero attached hydrogens (tertiary/aromatic N) is 1. The molecule has 0 saturated carbocycles. The largest absolute Gasteiger partial charge is 0.481 e. The maximum atomic E-state index is 13.0. The van der Waals surface area contributed by atoms with E-state index in [1.807, 2.05) is 30.3 Å². The van der Waals surface area contributed by atoms with Gasteiger partial charge < -0.3 is 14.7 Å². The molecular formula is C18H18BrNO4. The second-order valence-electron chi connectivity index (χ2n) is 6.17. The van der Waals surface area contributed by atoms with E-state index in [1.165, 1.54) is 7.11 Å². The van der Waals surface area contributed by atoms with Crippen molar-refractivity contribution in [3.05, 3.63) is 46.4 Å². The lowest BCUT2D eigenvalue weighted by atomic mass is 9.88. The van der Waals surface area contributed by atoms with Crippen LogP contribution in [-0.2, 0) is 9.53 Å². The van der Waals surface area contributed by atoms with Crippen molar-refractivity contribution >= 4 is 38.6 Å². The van der Waals surface area contributed by atoms with Crippen molar-refractivity contribution in [2.45, 2.75) is 6.42 Å². The number of carbonyl (C=O) groups is 2. The van der Waals surface area contributed by atoms with Crippen molar-refractivity contribution in [1.29, 1.82) is 0 Å². The molecule has 1 unspecified atom stereocenters. The molecule has 0 radical (unpaired) electrons. The maximum absolute atomic E-state index is 13.0. The minimum Gasteiger partial charge on any atom is -0.481 e. The van der Waals surface area contributed by atoms with Crippen LogP contribution in [-0.4, -0.2) is 48.7 Å². The molecule has 1 amide bonds. The van der Waals surface area contributed by atoms with Crippen molar-refractivity contribution in [1.82, 2.24) is 4.90 Å². The molecule has 0 bridgehead atoms. The normalized spacial score (nSPS) is 20.5. The molecule has 0 aliphatic carbocycles. The molecular weight excluding hydrogens is 374 g/mol. The molecule has 1 N–H and O–H groups in total. The number of benzene rings is 2. The SMILES string of the molecule is COCC1(C(=O)O)CCN(C(=O)c2cc(Br)cc3ccccc23)C1. The van der Waals surface area contributed by atoms with Crippen LogP contribution in [0.5, 0.6) is 0 Å². The number of amides is 1. The molecule has 1 heterocycles. The standard InChI is InChI=1S/C18H18BrNO4/c1-24-11-18(17(22)23)6-7-20(10-18)16(21)15-9-13(19)8-12-4-2-3-5-14(12)15/h2-5,8-9H,6-7,10-11H2,1H3,(H,22,23). The van der Waals surface area contributed by atoms with E-state index in [0.29, 0.717) is 18.5 Å². The van der Waals surface area contributed by atoms with Gasteiger partial charge in [0.15, 0.2) is 0 Å². The number of carboxylic acids is 1. The van der Waals surface area contributed by atoms with E-state index < -0.39 is 11.4 Å². The van der Waals surface area contributed by atoms with E-state index in [1.54, 1.807) is 11.0 Å². The van der Waals surface area contributed by atoms with E-state index in [9.17, 15) is 14.7 Å². The fraction of sp³-hybridized carbons (Fsp3) is 0.333. The predicted molar refractivity (Wildman–Crippen MR) is 94.1 cm³/mol. The average Bonchev–Trinajstić information content (AvgIpc) is 2.99. The summed E-state index contributed by atoms with van der Waals surface area (Å²) in [6.07, 6.45) is 0.397. The third-order valence-corrected chi connectivity index (χ3v) is 5.03. The highest BCUT2D eigenvalue weighted by Crippen LogP contribution is 2.33. The fourth-order valence-electron chi connectivity index (χ4n) is 3.30. The first kappa shape index (κ1) is 16.9. The minimum absolute atomic E-state index is 0.103. The molecule has 1 fully saturated rings. The zero-order chi connectivity index (χ0) is 17.3. The van der Waals surface area contributed by atoms with Crippen molar-refractivity contribution in [2.75, 3.05) is 26.8 Å². The second-order valence-corrected chi connectivity index (χ2v) is 7.09. The highest BCUT2D eigenvalue weighted by atomic mass is 79.9. The zero-order valence-electron chi connectivity index (χ0n) is 13.3. The second kappa shape index (κ2) is 6.53. The molecule has 6 heteroatoms. The van der Waals surface area contributed by atoms with Gasteiger partial charge in [-0.25, -0.2) is 0 Å². The summed E-state index contributed by atoms with van der Waals surface area (Å²) in [5.41, 5.74) is -0.440. The van der Waals surface area contributed by atoms with Gasteiger partial charge >= 0.3 is 5.97 Å². The van der Waals surface area contributed by atoms with E-state index in [-0.39, 0.29) is 19.1 Å². The number of ether oxygens (including phenoxy) is 1. The summed E-state index contributed by atoms with van der Waals surface area (Å²) < 4.78 is 5.91. The summed E-state index contributed by atoms with van der Waals surface area (Å²) >= 11 is 3.45. The van der Waals surface area contributed by atoms with Crippen molar-refractivity contribution in [3.8, 4) is 0 Å². The van der Waals surface area contributed by atoms with Gasteiger partial charge in [-0.05, 0) is 29.3 Å². The summed E-state index contributed by atoms with van der Waals surface area (Å²) in [5, 5.41) is 11.4. The summed E-state index contributed by atoms with van der Waals surface area (Å²) in [5.74, 6) is -1.06. The van der Waals surface area contributed by atoms with Gasteiger partial charge in [0.2, 0.25) is 0 Å². The molecule has 1 saturated heterocycles. The van der Waals surface area contributed by atoms with Gasteiger partial charge in [0, 0.05) is 30.2 Å². The van der Waals surface area contributed by atoms with Gasteiger partial charge in [-0.3, -0.25) is 9.59 Å². The van der Waals surface area contributed by atoms with E-state index in [2.05, 4.69) is 15.9 Å². The van der Waals surface area contributed by atoms with E-state index in [0.717, 1.165) is 15.2 Å². The highest BCUT2D eigenvalue weighted by molar-refractivity contribution is 9.10. The van der Waals surface area contributed by atoms with E-state index in [4.69, 9.17) is 4.74 Å². The molecule has 24 heavy (non-hydrogen) atoms. The molecule has 1 aliphatic rings. The Balaban J connectivity index is 1.95. The number of carboxylic acid groups (broad SMARTS) is 1.